The maximum Gasteiger partial charge on any atom is 0.154 e. The SMILES string of the molecule is [B]CC#CCn1cc(-c2cc(Cl)nnc2N)cn1. The van der Waals surface area contributed by atoms with E-state index in [0.717, 1.165) is 5.56 Å². The smallest absolute Gasteiger partial charge is 0.154 e. The summed E-state index contributed by atoms with van der Waals surface area (Å²) in [6.45, 7) is 0.476. The molecule has 0 atom stereocenters. The summed E-state index contributed by atoms with van der Waals surface area (Å²) in [6, 6.07) is 1.65. The van der Waals surface area contributed by atoms with E-state index in [-0.39, 0.29) is 5.15 Å². The number of hydrogen-bond acceptors (Lipinski definition) is 4. The molecular formula is C11H9BClN5. The molecule has 0 aliphatic rings. The monoisotopic (exact) mass is 257 g/mol. The van der Waals surface area contributed by atoms with Gasteiger partial charge in [0.2, 0.25) is 0 Å². The van der Waals surface area contributed by atoms with Crippen LogP contribution in [0.2, 0.25) is 11.5 Å². The summed E-state index contributed by atoms with van der Waals surface area (Å²) in [4.78, 5) is 0. The summed E-state index contributed by atoms with van der Waals surface area (Å²) in [5.74, 6) is 5.96. The number of anilines is 1. The van der Waals surface area contributed by atoms with Crippen LogP contribution >= 0.6 is 11.6 Å². The van der Waals surface area contributed by atoms with E-state index in [4.69, 9.17) is 25.2 Å². The van der Waals surface area contributed by atoms with Gasteiger partial charge in [0, 0.05) is 17.3 Å². The van der Waals surface area contributed by atoms with Gasteiger partial charge < -0.3 is 5.73 Å². The van der Waals surface area contributed by atoms with Gasteiger partial charge in [-0.25, -0.2) is 0 Å². The van der Waals surface area contributed by atoms with Gasteiger partial charge >= 0.3 is 0 Å². The number of nitrogens with zero attached hydrogens (tertiary/aromatic N) is 4. The first-order valence-corrected chi connectivity index (χ1v) is 5.56. The molecule has 0 aromatic carbocycles. The number of hydrogen-bond donors (Lipinski definition) is 1. The zero-order valence-corrected chi connectivity index (χ0v) is 10.2. The third-order valence-electron chi connectivity index (χ3n) is 2.21. The molecule has 0 bridgehead atoms. The number of aromatic nitrogens is 4. The van der Waals surface area contributed by atoms with Gasteiger partial charge in [-0.15, -0.1) is 16.1 Å². The zero-order chi connectivity index (χ0) is 13.0. The number of nitrogen functional groups attached to an aromatic ring is 1. The van der Waals surface area contributed by atoms with Crippen molar-refractivity contribution >= 4 is 25.3 Å². The molecule has 2 radical (unpaired) electrons. The molecule has 0 aliphatic heterocycles. The third kappa shape index (κ3) is 2.82. The summed E-state index contributed by atoms with van der Waals surface area (Å²) in [5, 5.41) is 11.9. The summed E-state index contributed by atoms with van der Waals surface area (Å²) >= 11 is 5.78. The van der Waals surface area contributed by atoms with Gasteiger partial charge in [-0.3, -0.25) is 4.68 Å². The van der Waals surface area contributed by atoms with E-state index in [1.807, 2.05) is 6.20 Å². The fraction of sp³-hybridized carbons (Fsp3) is 0.182. The van der Waals surface area contributed by atoms with Crippen molar-refractivity contribution in [2.24, 2.45) is 0 Å². The number of rotatable bonds is 2. The Hall–Kier alpha value is -2.00. The van der Waals surface area contributed by atoms with E-state index in [2.05, 4.69) is 27.1 Å². The largest absolute Gasteiger partial charge is 0.382 e. The Morgan fingerprint density at radius 2 is 2.22 bits per heavy atom. The van der Waals surface area contributed by atoms with Gasteiger partial charge in [-0.05, 0) is 12.4 Å². The van der Waals surface area contributed by atoms with Crippen LogP contribution in [0.25, 0.3) is 11.1 Å². The van der Waals surface area contributed by atoms with Crippen LogP contribution in [-0.4, -0.2) is 27.8 Å². The van der Waals surface area contributed by atoms with E-state index in [0.29, 0.717) is 24.2 Å². The maximum absolute atomic E-state index is 5.78. The second-order valence-electron chi connectivity index (χ2n) is 3.45. The Balaban J connectivity index is 2.26. The van der Waals surface area contributed by atoms with E-state index in [1.54, 1.807) is 16.9 Å². The average molecular weight is 257 g/mol. The molecule has 2 heterocycles. The molecule has 0 fully saturated rings. The van der Waals surface area contributed by atoms with Crippen LogP contribution in [0.15, 0.2) is 18.5 Å². The Labute approximate surface area is 111 Å². The second kappa shape index (κ2) is 5.56. The van der Waals surface area contributed by atoms with Gasteiger partial charge in [0.05, 0.1) is 14.0 Å². The minimum Gasteiger partial charge on any atom is -0.382 e. The maximum atomic E-state index is 5.78. The Morgan fingerprint density at radius 3 is 3.00 bits per heavy atom. The lowest BCUT2D eigenvalue weighted by Gasteiger charge is -2.00. The van der Waals surface area contributed by atoms with Crippen LogP contribution in [0, 0.1) is 11.8 Å². The van der Waals surface area contributed by atoms with Crippen LogP contribution < -0.4 is 5.73 Å². The highest BCUT2D eigenvalue weighted by atomic mass is 35.5. The molecular weight excluding hydrogens is 248 g/mol. The molecule has 0 aliphatic carbocycles. The van der Waals surface area contributed by atoms with Crippen molar-refractivity contribution in [3.63, 3.8) is 0 Å². The fourth-order valence-electron chi connectivity index (χ4n) is 1.41. The van der Waals surface area contributed by atoms with Crippen LogP contribution in [0.3, 0.4) is 0 Å². The molecule has 5 nitrogen and oxygen atoms in total. The highest BCUT2D eigenvalue weighted by molar-refractivity contribution is 6.29. The minimum absolute atomic E-state index is 0.287. The van der Waals surface area contributed by atoms with E-state index < -0.39 is 0 Å². The second-order valence-corrected chi connectivity index (χ2v) is 3.84. The predicted molar refractivity (Wildman–Crippen MR) is 71.0 cm³/mol. The van der Waals surface area contributed by atoms with Gasteiger partial charge in [0.1, 0.15) is 6.54 Å². The van der Waals surface area contributed by atoms with Gasteiger partial charge in [-0.2, -0.15) is 5.10 Å². The Bertz CT molecular complexity index is 613. The van der Waals surface area contributed by atoms with E-state index in [9.17, 15) is 0 Å². The van der Waals surface area contributed by atoms with Gasteiger partial charge in [0.15, 0.2) is 11.0 Å². The summed E-state index contributed by atoms with van der Waals surface area (Å²) in [7, 11) is 5.28. The molecule has 2 N–H and O–H groups in total. The van der Waals surface area contributed by atoms with Crippen molar-refractivity contribution in [1.82, 2.24) is 20.0 Å². The normalized spacial score (nSPS) is 9.83. The topological polar surface area (TPSA) is 69.6 Å². The fourth-order valence-corrected chi connectivity index (χ4v) is 1.55. The zero-order valence-electron chi connectivity index (χ0n) is 9.47. The molecule has 2 rings (SSSR count). The van der Waals surface area contributed by atoms with Crippen molar-refractivity contribution in [3.05, 3.63) is 23.6 Å². The van der Waals surface area contributed by atoms with E-state index >= 15 is 0 Å². The highest BCUT2D eigenvalue weighted by Gasteiger charge is 2.08. The first-order valence-electron chi connectivity index (χ1n) is 5.18. The first-order chi connectivity index (χ1) is 8.70. The van der Waals surface area contributed by atoms with Crippen LogP contribution in [0.1, 0.15) is 0 Å². The molecule has 2 aromatic heterocycles. The van der Waals surface area contributed by atoms with Crippen molar-refractivity contribution in [2.75, 3.05) is 5.73 Å². The molecule has 88 valence electrons. The van der Waals surface area contributed by atoms with Crippen molar-refractivity contribution in [3.8, 4) is 23.0 Å². The quantitative estimate of drug-likeness (QED) is 0.647. The van der Waals surface area contributed by atoms with Crippen molar-refractivity contribution < 1.29 is 0 Å². The first kappa shape index (κ1) is 12.5. The lowest BCUT2D eigenvalue weighted by Crippen LogP contribution is -1.97. The highest BCUT2D eigenvalue weighted by Crippen LogP contribution is 2.25. The number of halogens is 1. The third-order valence-corrected chi connectivity index (χ3v) is 2.39. The molecule has 7 heteroatoms. The predicted octanol–water partition coefficient (Wildman–Crippen LogP) is 1.17. The average Bonchev–Trinajstić information content (AvgIpc) is 2.81. The molecule has 18 heavy (non-hydrogen) atoms. The molecule has 2 aromatic rings. The lowest BCUT2D eigenvalue weighted by molar-refractivity contribution is 0.715. The minimum atomic E-state index is 0.287. The van der Waals surface area contributed by atoms with Crippen molar-refractivity contribution in [2.45, 2.75) is 12.9 Å². The molecule has 0 unspecified atom stereocenters. The number of nitrogens with two attached hydrogens (primary N) is 1. The molecule has 0 amide bonds. The molecule has 0 saturated heterocycles. The van der Waals surface area contributed by atoms with Gasteiger partial charge in [-0.1, -0.05) is 17.5 Å². The van der Waals surface area contributed by atoms with Crippen LogP contribution in [-0.2, 0) is 6.54 Å². The Morgan fingerprint density at radius 1 is 1.39 bits per heavy atom. The summed E-state index contributed by atoms with van der Waals surface area (Å²) in [5.41, 5.74) is 7.26. The van der Waals surface area contributed by atoms with E-state index in [1.165, 1.54) is 0 Å². The van der Waals surface area contributed by atoms with Gasteiger partial charge in [0.25, 0.3) is 0 Å². The molecule has 0 spiro atoms. The summed E-state index contributed by atoms with van der Waals surface area (Å²) < 4.78 is 1.69. The van der Waals surface area contributed by atoms with Crippen LogP contribution in [0.5, 0.6) is 0 Å². The molecule has 0 saturated carbocycles. The standard InChI is InChI=1S/C11H9BClN5/c12-3-1-2-4-18-7-8(6-15-18)9-5-10(13)16-17-11(9)14/h5-7H,3-4H2,(H2,14,17). The Kier molecular flexibility index (Phi) is 3.85. The van der Waals surface area contributed by atoms with Crippen molar-refractivity contribution in [1.29, 1.82) is 0 Å². The summed E-state index contributed by atoms with van der Waals surface area (Å²) in [6.07, 6.45) is 3.83. The van der Waals surface area contributed by atoms with Crippen LogP contribution in [0.4, 0.5) is 5.82 Å². The lowest BCUT2D eigenvalue weighted by atomic mass is 10.1.